The number of thioether (sulfide) groups is 1. The number of aryl methyl sites for hydroxylation is 1. The van der Waals surface area contributed by atoms with Crippen LogP contribution in [0.3, 0.4) is 0 Å². The number of furan rings is 1. The first kappa shape index (κ1) is 22.1. The average molecular weight is 609 g/mol. The van der Waals surface area contributed by atoms with Crippen molar-refractivity contribution in [1.29, 1.82) is 0 Å². The van der Waals surface area contributed by atoms with Crippen LogP contribution in [0.1, 0.15) is 5.56 Å². The number of fused-ring (bicyclic) bond motifs is 1. The van der Waals surface area contributed by atoms with E-state index in [1.807, 2.05) is 54.0 Å². The molecule has 6 nitrogen and oxygen atoms in total. The lowest BCUT2D eigenvalue weighted by Crippen LogP contribution is -2.15. The number of amides is 1. The first-order valence-electron chi connectivity index (χ1n) is 9.37. The number of nitrogens with one attached hydrogen (secondary N) is 1. The summed E-state index contributed by atoms with van der Waals surface area (Å²) in [6.45, 7) is 6.31. The number of carbonyl (C=O) groups is 1. The summed E-state index contributed by atoms with van der Waals surface area (Å²) >= 11 is 7.06. The summed E-state index contributed by atoms with van der Waals surface area (Å²) in [5.74, 6) is 1.34. The molecule has 0 spiro atoms. The van der Waals surface area contributed by atoms with E-state index in [-0.39, 0.29) is 11.7 Å². The monoisotopic (exact) mass is 608 g/mol. The summed E-state index contributed by atoms with van der Waals surface area (Å²) in [5, 5.41) is 13.2. The van der Waals surface area contributed by atoms with E-state index in [1.54, 1.807) is 6.08 Å². The Morgan fingerprint density at radius 3 is 2.90 bits per heavy atom. The molecule has 1 amide bonds. The van der Waals surface area contributed by atoms with Gasteiger partial charge in [-0.1, -0.05) is 33.8 Å². The largest absolute Gasteiger partial charge is 0.453 e. The van der Waals surface area contributed by atoms with Gasteiger partial charge in [0.15, 0.2) is 10.9 Å². The molecule has 2 aromatic carbocycles. The van der Waals surface area contributed by atoms with E-state index in [0.29, 0.717) is 23.3 Å². The van der Waals surface area contributed by atoms with Gasteiger partial charge in [0.05, 0.1) is 5.75 Å². The third kappa shape index (κ3) is 5.04. The van der Waals surface area contributed by atoms with Gasteiger partial charge in [-0.3, -0.25) is 9.36 Å². The van der Waals surface area contributed by atoms with Crippen LogP contribution < -0.4 is 5.32 Å². The Balaban J connectivity index is 1.52. The van der Waals surface area contributed by atoms with Crippen molar-refractivity contribution in [2.24, 2.45) is 0 Å². The molecule has 0 bridgehead atoms. The maximum atomic E-state index is 12.5. The molecule has 0 radical (unpaired) electrons. The smallest absolute Gasteiger partial charge is 0.234 e. The molecule has 0 atom stereocenters. The zero-order valence-corrected chi connectivity index (χ0v) is 21.1. The van der Waals surface area contributed by atoms with Crippen molar-refractivity contribution in [3.8, 4) is 11.6 Å². The molecule has 0 aliphatic rings. The van der Waals surface area contributed by atoms with Crippen molar-refractivity contribution in [1.82, 2.24) is 14.8 Å². The Hall–Kier alpha value is -2.11. The van der Waals surface area contributed by atoms with Gasteiger partial charge in [-0.15, -0.1) is 16.8 Å². The highest BCUT2D eigenvalue weighted by Crippen LogP contribution is 2.31. The molecule has 0 fully saturated rings. The third-order valence-electron chi connectivity index (χ3n) is 4.52. The van der Waals surface area contributed by atoms with Crippen molar-refractivity contribution in [3.05, 3.63) is 68.7 Å². The topological polar surface area (TPSA) is 73.0 Å². The fourth-order valence-electron chi connectivity index (χ4n) is 3.08. The minimum Gasteiger partial charge on any atom is -0.453 e. The van der Waals surface area contributed by atoms with E-state index in [0.717, 1.165) is 30.3 Å². The standard InChI is InChI=1S/C22H18BrIN4O2S/c1-3-8-28-21(19-11-14-10-15(23)4-7-18(14)30-19)26-27-22(28)31-12-20(29)25-17-6-5-16(24)9-13(17)2/h3-7,9-11H,1,8,12H2,2H3,(H,25,29). The minimum absolute atomic E-state index is 0.0994. The molecule has 31 heavy (non-hydrogen) atoms. The zero-order valence-electron chi connectivity index (χ0n) is 16.6. The van der Waals surface area contributed by atoms with Crippen molar-refractivity contribution in [2.45, 2.75) is 18.6 Å². The molecule has 0 aliphatic carbocycles. The van der Waals surface area contributed by atoms with Crippen LogP contribution in [0.5, 0.6) is 0 Å². The number of carbonyl (C=O) groups excluding carboxylic acids is 1. The predicted molar refractivity (Wildman–Crippen MR) is 136 cm³/mol. The number of halogens is 2. The Bertz CT molecular complexity index is 1280. The second kappa shape index (κ2) is 9.58. The number of hydrogen-bond acceptors (Lipinski definition) is 5. The lowest BCUT2D eigenvalue weighted by molar-refractivity contribution is -0.113. The summed E-state index contributed by atoms with van der Waals surface area (Å²) in [7, 11) is 0. The van der Waals surface area contributed by atoms with Crippen LogP contribution in [-0.2, 0) is 11.3 Å². The van der Waals surface area contributed by atoms with Gasteiger partial charge in [0.2, 0.25) is 11.7 Å². The molecule has 0 aliphatic heterocycles. The van der Waals surface area contributed by atoms with Crippen molar-refractivity contribution < 1.29 is 9.21 Å². The number of anilines is 1. The molecule has 0 saturated carbocycles. The van der Waals surface area contributed by atoms with Crippen LogP contribution in [0.15, 0.2) is 69.2 Å². The van der Waals surface area contributed by atoms with E-state index in [1.165, 1.54) is 11.8 Å². The summed E-state index contributed by atoms with van der Waals surface area (Å²) in [5.41, 5.74) is 2.61. The number of nitrogens with zero attached hydrogens (tertiary/aromatic N) is 3. The van der Waals surface area contributed by atoms with Gasteiger partial charge in [0, 0.05) is 25.7 Å². The van der Waals surface area contributed by atoms with E-state index < -0.39 is 0 Å². The highest BCUT2D eigenvalue weighted by molar-refractivity contribution is 14.1. The van der Waals surface area contributed by atoms with E-state index in [4.69, 9.17) is 4.42 Å². The van der Waals surface area contributed by atoms with E-state index in [9.17, 15) is 4.79 Å². The van der Waals surface area contributed by atoms with Crippen molar-refractivity contribution in [3.63, 3.8) is 0 Å². The van der Waals surface area contributed by atoms with Crippen molar-refractivity contribution in [2.75, 3.05) is 11.1 Å². The van der Waals surface area contributed by atoms with E-state index >= 15 is 0 Å². The molecule has 2 aromatic heterocycles. The van der Waals surface area contributed by atoms with Gasteiger partial charge < -0.3 is 9.73 Å². The van der Waals surface area contributed by atoms with E-state index in [2.05, 4.69) is 60.6 Å². The Morgan fingerprint density at radius 1 is 1.29 bits per heavy atom. The van der Waals surface area contributed by atoms with Gasteiger partial charge in [0.1, 0.15) is 5.58 Å². The molecule has 0 unspecified atom stereocenters. The van der Waals surface area contributed by atoms with Crippen LogP contribution in [-0.4, -0.2) is 26.4 Å². The first-order chi connectivity index (χ1) is 14.9. The van der Waals surface area contributed by atoms with Gasteiger partial charge in [0.25, 0.3) is 0 Å². The summed E-state index contributed by atoms with van der Waals surface area (Å²) in [6.07, 6.45) is 1.77. The Labute approximate surface area is 205 Å². The Kier molecular flexibility index (Phi) is 6.83. The van der Waals surface area contributed by atoms with Gasteiger partial charge in [-0.2, -0.15) is 0 Å². The molecule has 4 aromatic rings. The molecule has 158 valence electrons. The fraction of sp³-hybridized carbons (Fsp3) is 0.136. The first-order valence-corrected chi connectivity index (χ1v) is 12.2. The van der Waals surface area contributed by atoms with Gasteiger partial charge >= 0.3 is 0 Å². The molecule has 2 heterocycles. The number of hydrogen-bond donors (Lipinski definition) is 1. The van der Waals surface area contributed by atoms with Crippen LogP contribution in [0, 0.1) is 10.5 Å². The SMILES string of the molecule is C=CCn1c(SCC(=O)Nc2ccc(I)cc2C)nnc1-c1cc2cc(Br)ccc2o1. The normalized spacial score (nSPS) is 11.1. The molecule has 0 saturated heterocycles. The van der Waals surface area contributed by atoms with Gasteiger partial charge in [-0.25, -0.2) is 0 Å². The summed E-state index contributed by atoms with van der Waals surface area (Å²) in [6, 6.07) is 13.7. The zero-order chi connectivity index (χ0) is 22.0. The molecule has 1 N–H and O–H groups in total. The van der Waals surface area contributed by atoms with Crippen molar-refractivity contribution >= 4 is 72.8 Å². The van der Waals surface area contributed by atoms with Crippen LogP contribution in [0.4, 0.5) is 5.69 Å². The number of aromatic nitrogens is 3. The minimum atomic E-state index is -0.0994. The highest BCUT2D eigenvalue weighted by Gasteiger charge is 2.18. The molecule has 9 heteroatoms. The summed E-state index contributed by atoms with van der Waals surface area (Å²) < 4.78 is 9.97. The maximum absolute atomic E-state index is 12.5. The lowest BCUT2D eigenvalue weighted by Gasteiger charge is -2.09. The third-order valence-corrected chi connectivity index (χ3v) is 6.65. The number of rotatable bonds is 7. The Morgan fingerprint density at radius 2 is 2.13 bits per heavy atom. The maximum Gasteiger partial charge on any atom is 0.234 e. The van der Waals surface area contributed by atoms with Gasteiger partial charge in [-0.05, 0) is 77.5 Å². The fourth-order valence-corrected chi connectivity index (χ4v) is 4.85. The molecular weight excluding hydrogens is 591 g/mol. The molecule has 4 rings (SSSR count). The molecular formula is C22H18BrIN4O2S. The second-order valence-electron chi connectivity index (χ2n) is 6.79. The average Bonchev–Trinajstić information content (AvgIpc) is 3.32. The second-order valence-corrected chi connectivity index (χ2v) is 9.90. The number of allylic oxidation sites excluding steroid dienone is 1. The highest BCUT2D eigenvalue weighted by atomic mass is 127. The summed E-state index contributed by atoms with van der Waals surface area (Å²) in [4.78, 5) is 12.5. The predicted octanol–water partition coefficient (Wildman–Crippen LogP) is 6.28. The van der Waals surface area contributed by atoms with Crippen LogP contribution >= 0.6 is 50.3 Å². The quantitative estimate of drug-likeness (QED) is 0.152. The lowest BCUT2D eigenvalue weighted by atomic mass is 10.2. The van der Waals surface area contributed by atoms with Crippen LogP contribution in [0.2, 0.25) is 0 Å². The van der Waals surface area contributed by atoms with Crippen LogP contribution in [0.25, 0.3) is 22.6 Å². The number of benzene rings is 2.